The molecule has 2 saturated carbocycles. The van der Waals surface area contributed by atoms with Gasteiger partial charge in [0.2, 0.25) is 0 Å². The number of nitrogens with zero attached hydrogens (tertiary/aromatic N) is 1. The Hall–Kier alpha value is -7.52. The van der Waals surface area contributed by atoms with Crippen molar-refractivity contribution in [3.63, 3.8) is 0 Å². The molecule has 0 N–H and O–H groups in total. The van der Waals surface area contributed by atoms with Crippen LogP contribution in [0.25, 0.3) is 70.3 Å². The number of anilines is 3. The summed E-state index contributed by atoms with van der Waals surface area (Å²) in [5.41, 5.74) is 21.1. The molecule has 2 bridgehead atoms. The van der Waals surface area contributed by atoms with Gasteiger partial charge < -0.3 is 4.90 Å². The highest BCUT2D eigenvalue weighted by Crippen LogP contribution is 2.68. The molecule has 1 spiro atoms. The minimum absolute atomic E-state index is 0.199. The first kappa shape index (κ1) is 41.5. The number of hydrogen-bond acceptors (Lipinski definition) is 2. The van der Waals surface area contributed by atoms with Crippen LogP contribution in [0.1, 0.15) is 55.2 Å². The van der Waals surface area contributed by atoms with E-state index >= 15 is 0 Å². The lowest BCUT2D eigenvalue weighted by Gasteiger charge is -2.43. The second kappa shape index (κ2) is 16.6. The highest BCUT2D eigenvalue weighted by Gasteiger charge is 2.59. The van der Waals surface area contributed by atoms with Crippen LogP contribution in [-0.2, 0) is 5.41 Å². The Labute approximate surface area is 415 Å². The maximum absolute atomic E-state index is 2.54. The first-order valence-electron chi connectivity index (χ1n) is 25.4. The van der Waals surface area contributed by atoms with Crippen LogP contribution in [0.3, 0.4) is 0 Å². The van der Waals surface area contributed by atoms with Gasteiger partial charge in [0, 0.05) is 48.4 Å². The van der Waals surface area contributed by atoms with Gasteiger partial charge >= 0.3 is 0 Å². The van der Waals surface area contributed by atoms with Crippen LogP contribution in [-0.4, -0.2) is 0 Å². The van der Waals surface area contributed by atoms with Gasteiger partial charge in [-0.3, -0.25) is 0 Å². The second-order valence-electron chi connectivity index (χ2n) is 20.3. The summed E-state index contributed by atoms with van der Waals surface area (Å²) in [5, 5.41) is 2.65. The lowest BCUT2D eigenvalue weighted by Crippen LogP contribution is -2.36. The lowest BCUT2D eigenvalue weighted by molar-refractivity contribution is 0.293. The molecule has 0 saturated heterocycles. The van der Waals surface area contributed by atoms with Crippen molar-refractivity contribution in [2.75, 3.05) is 4.90 Å². The molecule has 1 aromatic heterocycles. The smallest absolute Gasteiger partial charge is 0.0540 e. The second-order valence-corrected chi connectivity index (χ2v) is 21.4. The molecule has 2 heteroatoms. The topological polar surface area (TPSA) is 3.24 Å². The van der Waals surface area contributed by atoms with Gasteiger partial charge in [-0.1, -0.05) is 207 Å². The fraction of sp³-hybridized carbons (Fsp3) is 0.147. The number of hydrogen-bond donors (Lipinski definition) is 0. The molecule has 4 aliphatic carbocycles. The molecule has 4 aliphatic rings. The predicted molar refractivity (Wildman–Crippen MR) is 297 cm³/mol. The summed E-state index contributed by atoms with van der Waals surface area (Å²) >= 11 is 1.89. The molecule has 1 nitrogen and oxygen atoms in total. The first-order valence-corrected chi connectivity index (χ1v) is 26.2. The molecule has 2 fully saturated rings. The van der Waals surface area contributed by atoms with E-state index in [1.54, 1.807) is 11.1 Å². The van der Waals surface area contributed by atoms with Crippen molar-refractivity contribution < 1.29 is 0 Å². The van der Waals surface area contributed by atoms with Crippen molar-refractivity contribution in [2.45, 2.75) is 43.9 Å². The SMILES string of the molecule is CC1C2=C(C=CC1c1ccc(N(c3ccc(-c4cccc5c4sc4ccccc45)cc3)c3ccccc3-c3ccccc3-c3ccccc3-c3ccccc3)cc1)c1ccccc1C21CC2CCC1C2. The molecule has 5 atom stereocenters. The van der Waals surface area contributed by atoms with E-state index < -0.39 is 0 Å². The Kier molecular flexibility index (Phi) is 9.82. The van der Waals surface area contributed by atoms with Gasteiger partial charge in [-0.2, -0.15) is 0 Å². The Balaban J connectivity index is 0.882. The highest BCUT2D eigenvalue weighted by atomic mass is 32.1. The average molecular weight is 916 g/mol. The zero-order chi connectivity index (χ0) is 46.3. The van der Waals surface area contributed by atoms with Crippen molar-refractivity contribution in [1.82, 2.24) is 0 Å². The zero-order valence-corrected chi connectivity index (χ0v) is 40.2. The van der Waals surface area contributed by atoms with Crippen molar-refractivity contribution in [1.29, 1.82) is 0 Å². The monoisotopic (exact) mass is 915 g/mol. The van der Waals surface area contributed by atoms with Crippen molar-refractivity contribution in [3.8, 4) is 44.5 Å². The molecule has 5 unspecified atom stereocenters. The van der Waals surface area contributed by atoms with Gasteiger partial charge in [-0.15, -0.1) is 11.3 Å². The third kappa shape index (κ3) is 6.43. The summed E-state index contributed by atoms with van der Waals surface area (Å²) in [7, 11) is 0. The summed E-state index contributed by atoms with van der Waals surface area (Å²) < 4.78 is 2.66. The first-order chi connectivity index (χ1) is 34.6. The fourth-order valence-corrected chi connectivity index (χ4v) is 15.1. The summed E-state index contributed by atoms with van der Waals surface area (Å²) in [6.45, 7) is 2.54. The van der Waals surface area contributed by atoms with E-state index in [1.165, 1.54) is 107 Å². The Morgan fingerprint density at radius 1 is 0.486 bits per heavy atom. The molecule has 1 heterocycles. The van der Waals surface area contributed by atoms with Crippen LogP contribution < -0.4 is 4.90 Å². The maximum atomic E-state index is 2.54. The zero-order valence-electron chi connectivity index (χ0n) is 39.4. The molecule has 0 aliphatic heterocycles. The lowest BCUT2D eigenvalue weighted by atomic mass is 9.60. The average Bonchev–Trinajstić information content (AvgIpc) is 4.21. The Bertz CT molecular complexity index is 3700. The van der Waals surface area contributed by atoms with Gasteiger partial charge in [-0.25, -0.2) is 0 Å². The molecule has 336 valence electrons. The fourth-order valence-electron chi connectivity index (χ4n) is 13.9. The normalized spacial score (nSPS) is 20.9. The third-order valence-electron chi connectivity index (χ3n) is 16.8. The van der Waals surface area contributed by atoms with Crippen molar-refractivity contribution in [2.24, 2.45) is 17.8 Å². The van der Waals surface area contributed by atoms with Crippen molar-refractivity contribution in [3.05, 3.63) is 253 Å². The Morgan fingerprint density at radius 2 is 1.07 bits per heavy atom. The summed E-state index contributed by atoms with van der Waals surface area (Å²) in [6.07, 6.45) is 10.5. The summed E-state index contributed by atoms with van der Waals surface area (Å²) in [5.74, 6) is 2.35. The number of benzene rings is 9. The minimum atomic E-state index is 0.199. The molecule has 10 aromatic rings. The van der Waals surface area contributed by atoms with Crippen LogP contribution in [0.5, 0.6) is 0 Å². The molecule has 14 rings (SSSR count). The molecular formula is C68H53NS. The number of fused-ring (bicyclic) bond motifs is 10. The minimum Gasteiger partial charge on any atom is -0.310 e. The maximum Gasteiger partial charge on any atom is 0.0540 e. The van der Waals surface area contributed by atoms with Crippen LogP contribution in [0.2, 0.25) is 0 Å². The number of para-hydroxylation sites is 1. The van der Waals surface area contributed by atoms with E-state index in [-0.39, 0.29) is 5.41 Å². The van der Waals surface area contributed by atoms with Crippen LogP contribution in [0.15, 0.2) is 236 Å². The van der Waals surface area contributed by atoms with Gasteiger partial charge in [0.15, 0.2) is 0 Å². The van der Waals surface area contributed by atoms with Gasteiger partial charge in [0.1, 0.15) is 0 Å². The predicted octanol–water partition coefficient (Wildman–Crippen LogP) is 19.0. The summed E-state index contributed by atoms with van der Waals surface area (Å²) in [4.78, 5) is 2.49. The van der Waals surface area contributed by atoms with E-state index in [0.29, 0.717) is 11.8 Å². The van der Waals surface area contributed by atoms with Crippen LogP contribution in [0, 0.1) is 17.8 Å². The van der Waals surface area contributed by atoms with E-state index in [4.69, 9.17) is 0 Å². The van der Waals surface area contributed by atoms with Crippen LogP contribution in [0.4, 0.5) is 17.1 Å². The standard InChI is InChI=1S/C68H53NS/c1-44-52(40-41-61-58-22-9-12-27-63(58)68(66(44)61)43-45-30-35-49(68)42-45)47-31-36-50(37-32-47)69(51-38-33-48(34-39-51)54-25-15-26-62-60-24-11-14-29-65(60)70-67(54)62)64-28-13-10-23-59(64)57-21-8-7-20-56(57)55-19-6-5-18-53(55)46-16-3-2-4-17-46/h2-29,31-34,36-41,44-45,49,52H,30,35,42-43H2,1H3. The van der Waals surface area contributed by atoms with Crippen LogP contribution >= 0.6 is 11.3 Å². The molecule has 0 amide bonds. The number of allylic oxidation sites excluding steroid dienone is 4. The number of rotatable bonds is 8. The Morgan fingerprint density at radius 3 is 1.81 bits per heavy atom. The largest absolute Gasteiger partial charge is 0.310 e. The molecule has 9 aromatic carbocycles. The van der Waals surface area contributed by atoms with Gasteiger partial charge in [-0.05, 0) is 140 Å². The van der Waals surface area contributed by atoms with E-state index in [1.807, 2.05) is 11.3 Å². The van der Waals surface area contributed by atoms with E-state index in [2.05, 4.69) is 242 Å². The highest BCUT2D eigenvalue weighted by molar-refractivity contribution is 7.26. The molecule has 70 heavy (non-hydrogen) atoms. The third-order valence-corrected chi connectivity index (χ3v) is 18.0. The van der Waals surface area contributed by atoms with Gasteiger partial charge in [0.05, 0.1) is 5.69 Å². The van der Waals surface area contributed by atoms with Gasteiger partial charge in [0.25, 0.3) is 0 Å². The molecular weight excluding hydrogens is 863 g/mol. The van der Waals surface area contributed by atoms with E-state index in [0.717, 1.165) is 28.9 Å². The van der Waals surface area contributed by atoms with Crippen molar-refractivity contribution >= 4 is 54.1 Å². The quantitative estimate of drug-likeness (QED) is 0.147. The number of thiophene rings is 1. The summed E-state index contributed by atoms with van der Waals surface area (Å²) in [6, 6.07) is 81.5. The van der Waals surface area contributed by atoms with E-state index in [9.17, 15) is 0 Å². The molecule has 0 radical (unpaired) electrons.